The van der Waals surface area contributed by atoms with Crippen LogP contribution in [0.5, 0.6) is 0 Å². The molecule has 2 saturated heterocycles. The van der Waals surface area contributed by atoms with E-state index in [0.29, 0.717) is 0 Å². The highest BCUT2D eigenvalue weighted by Crippen LogP contribution is 2.33. The van der Waals surface area contributed by atoms with Crippen molar-refractivity contribution in [2.45, 2.75) is 50.3 Å². The van der Waals surface area contributed by atoms with Gasteiger partial charge in [0.1, 0.15) is 23.6 Å². The van der Waals surface area contributed by atoms with Crippen molar-refractivity contribution < 1.29 is 28.9 Å². The van der Waals surface area contributed by atoms with Crippen LogP contribution >= 0.6 is 0 Å². The SMILES string of the molecule is C=CCOC1O[C@@H]2COC(C)(C)O[C@H]2[C@H](O)[C@H]1ON=[N+]=[N-]. The van der Waals surface area contributed by atoms with Crippen molar-refractivity contribution in [3.05, 3.63) is 23.1 Å². The Morgan fingerprint density at radius 2 is 2.33 bits per heavy atom. The summed E-state index contributed by atoms with van der Waals surface area (Å²) in [6.07, 6.45) is -2.66. The Morgan fingerprint density at radius 1 is 1.57 bits per heavy atom. The van der Waals surface area contributed by atoms with E-state index in [-0.39, 0.29) is 13.2 Å². The zero-order valence-corrected chi connectivity index (χ0v) is 11.9. The van der Waals surface area contributed by atoms with Crippen molar-refractivity contribution in [1.82, 2.24) is 0 Å². The average Bonchev–Trinajstić information content (AvgIpc) is 2.44. The molecule has 5 atom stereocenters. The highest BCUT2D eigenvalue weighted by molar-refractivity contribution is 4.94. The van der Waals surface area contributed by atoms with Gasteiger partial charge in [0, 0.05) is 4.91 Å². The number of fused-ring (bicyclic) bond motifs is 1. The smallest absolute Gasteiger partial charge is 0.198 e. The van der Waals surface area contributed by atoms with Crippen LogP contribution < -0.4 is 0 Å². The first-order chi connectivity index (χ1) is 9.98. The van der Waals surface area contributed by atoms with Gasteiger partial charge >= 0.3 is 0 Å². The van der Waals surface area contributed by atoms with Gasteiger partial charge in [-0.1, -0.05) is 6.08 Å². The van der Waals surface area contributed by atoms with Gasteiger partial charge in [-0.25, -0.2) is 0 Å². The van der Waals surface area contributed by atoms with Gasteiger partial charge in [-0.05, 0) is 19.4 Å². The summed E-state index contributed by atoms with van der Waals surface area (Å²) in [6.45, 7) is 7.45. The van der Waals surface area contributed by atoms with Crippen LogP contribution in [-0.2, 0) is 23.8 Å². The third-order valence-electron chi connectivity index (χ3n) is 3.22. The Labute approximate surface area is 122 Å². The number of nitrogens with zero attached hydrogens (tertiary/aromatic N) is 3. The minimum absolute atomic E-state index is 0.193. The summed E-state index contributed by atoms with van der Waals surface area (Å²) < 4.78 is 22.2. The van der Waals surface area contributed by atoms with Crippen molar-refractivity contribution in [3.63, 3.8) is 0 Å². The predicted octanol–water partition coefficient (Wildman–Crippen LogP) is 1.04. The summed E-state index contributed by atoms with van der Waals surface area (Å²) in [5, 5.41) is 13.4. The van der Waals surface area contributed by atoms with Crippen molar-refractivity contribution in [2.75, 3.05) is 13.2 Å². The summed E-state index contributed by atoms with van der Waals surface area (Å²) in [7, 11) is 0. The van der Waals surface area contributed by atoms with Crippen LogP contribution in [0.1, 0.15) is 13.8 Å². The highest BCUT2D eigenvalue weighted by Gasteiger charge is 2.52. The molecule has 9 nitrogen and oxygen atoms in total. The molecule has 1 unspecified atom stereocenters. The summed E-state index contributed by atoms with van der Waals surface area (Å²) in [5.74, 6) is -0.844. The molecule has 2 aliphatic heterocycles. The number of ether oxygens (including phenoxy) is 4. The Morgan fingerprint density at radius 3 is 3.00 bits per heavy atom. The number of hydrogen-bond acceptors (Lipinski definition) is 7. The highest BCUT2D eigenvalue weighted by atomic mass is 16.8. The number of hydrogen-bond donors (Lipinski definition) is 1. The van der Waals surface area contributed by atoms with E-state index < -0.39 is 36.5 Å². The molecule has 2 aliphatic rings. The maximum atomic E-state index is 10.4. The topological polar surface area (TPSA) is 115 Å². The van der Waals surface area contributed by atoms with Crippen molar-refractivity contribution >= 4 is 0 Å². The second-order valence-corrected chi connectivity index (χ2v) is 5.19. The lowest BCUT2D eigenvalue weighted by atomic mass is 9.97. The molecule has 0 spiro atoms. The zero-order chi connectivity index (χ0) is 15.5. The molecular weight excluding hydrogens is 282 g/mol. The van der Waals surface area contributed by atoms with E-state index >= 15 is 0 Å². The van der Waals surface area contributed by atoms with Gasteiger partial charge < -0.3 is 28.9 Å². The summed E-state index contributed by atoms with van der Waals surface area (Å²) in [4.78, 5) is 7.43. The van der Waals surface area contributed by atoms with Crippen LogP contribution in [0.4, 0.5) is 0 Å². The first-order valence-corrected chi connectivity index (χ1v) is 6.56. The molecule has 0 saturated carbocycles. The molecule has 0 aromatic rings. The molecule has 0 aromatic heterocycles. The molecular formula is C12H19N3O6. The zero-order valence-electron chi connectivity index (χ0n) is 11.9. The van der Waals surface area contributed by atoms with Crippen molar-refractivity contribution in [3.8, 4) is 0 Å². The van der Waals surface area contributed by atoms with Gasteiger partial charge in [-0.2, -0.15) is 0 Å². The molecule has 0 aliphatic carbocycles. The molecule has 1 N–H and O–H groups in total. The number of aliphatic hydroxyl groups is 1. The van der Waals surface area contributed by atoms with E-state index in [1.54, 1.807) is 13.8 Å². The van der Waals surface area contributed by atoms with Gasteiger partial charge in [-0.3, -0.25) is 0 Å². The Hall–Kier alpha value is -1.35. The molecule has 2 rings (SSSR count). The standard InChI is InChI=1S/C12H19N3O6/c1-4-5-17-11-10(21-15-14-13)8(16)9-7(19-11)6-18-12(2,3)20-9/h4,7-11,16H,1,5-6H2,2-3H3/t7-,8+,9-,10-,11?/m1/s1. The van der Waals surface area contributed by atoms with E-state index in [0.717, 1.165) is 0 Å². The third-order valence-corrected chi connectivity index (χ3v) is 3.22. The van der Waals surface area contributed by atoms with Crippen LogP contribution in [0.2, 0.25) is 0 Å². The minimum Gasteiger partial charge on any atom is -0.422 e. The van der Waals surface area contributed by atoms with Gasteiger partial charge in [0.15, 0.2) is 18.2 Å². The van der Waals surface area contributed by atoms with E-state index in [9.17, 15) is 5.11 Å². The fraction of sp³-hybridized carbons (Fsp3) is 0.833. The fourth-order valence-corrected chi connectivity index (χ4v) is 2.30. The first-order valence-electron chi connectivity index (χ1n) is 6.56. The Balaban J connectivity index is 2.14. The molecule has 0 aromatic carbocycles. The molecule has 0 radical (unpaired) electrons. The quantitative estimate of drug-likeness (QED) is 0.267. The second kappa shape index (κ2) is 6.61. The molecule has 0 amide bonds. The summed E-state index contributed by atoms with van der Waals surface area (Å²) >= 11 is 0. The lowest BCUT2D eigenvalue weighted by molar-refractivity contribution is -0.385. The third kappa shape index (κ3) is 3.65. The summed E-state index contributed by atoms with van der Waals surface area (Å²) in [6, 6.07) is 0. The molecule has 9 heteroatoms. The summed E-state index contributed by atoms with van der Waals surface area (Å²) in [5.41, 5.74) is 8.36. The van der Waals surface area contributed by atoms with Crippen LogP contribution in [0, 0.1) is 0 Å². The maximum absolute atomic E-state index is 10.4. The van der Waals surface area contributed by atoms with Crippen molar-refractivity contribution in [2.24, 2.45) is 5.28 Å². The average molecular weight is 301 g/mol. The van der Waals surface area contributed by atoms with E-state index in [1.165, 1.54) is 6.08 Å². The van der Waals surface area contributed by atoms with Gasteiger partial charge in [-0.15, -0.1) is 6.58 Å². The number of azide groups is 1. The second-order valence-electron chi connectivity index (χ2n) is 5.19. The van der Waals surface area contributed by atoms with Crippen LogP contribution in [0.25, 0.3) is 10.4 Å². The molecule has 21 heavy (non-hydrogen) atoms. The number of aliphatic hydroxyl groups excluding tert-OH is 1. The molecule has 0 bridgehead atoms. The van der Waals surface area contributed by atoms with Crippen LogP contribution in [0.15, 0.2) is 17.9 Å². The predicted molar refractivity (Wildman–Crippen MR) is 69.7 cm³/mol. The van der Waals surface area contributed by atoms with Crippen LogP contribution in [-0.4, -0.2) is 54.8 Å². The molecule has 2 fully saturated rings. The van der Waals surface area contributed by atoms with E-state index in [2.05, 4.69) is 16.8 Å². The maximum Gasteiger partial charge on any atom is 0.198 e. The largest absolute Gasteiger partial charge is 0.422 e. The van der Waals surface area contributed by atoms with Crippen LogP contribution in [0.3, 0.4) is 0 Å². The number of rotatable bonds is 5. The lowest BCUT2D eigenvalue weighted by Gasteiger charge is -2.48. The Bertz CT molecular complexity index is 425. The molecule has 118 valence electrons. The van der Waals surface area contributed by atoms with Crippen molar-refractivity contribution in [1.29, 1.82) is 0 Å². The fourth-order valence-electron chi connectivity index (χ4n) is 2.30. The van der Waals surface area contributed by atoms with E-state index in [1.807, 2.05) is 0 Å². The lowest BCUT2D eigenvalue weighted by Crippen LogP contribution is -2.65. The minimum atomic E-state index is -1.09. The Kier molecular flexibility index (Phi) is 5.04. The van der Waals surface area contributed by atoms with Gasteiger partial charge in [0.2, 0.25) is 0 Å². The van der Waals surface area contributed by atoms with E-state index in [4.69, 9.17) is 29.3 Å². The van der Waals surface area contributed by atoms with Gasteiger partial charge in [0.25, 0.3) is 0 Å². The first kappa shape index (κ1) is 16.0. The normalized spacial score (nSPS) is 38.0. The van der Waals surface area contributed by atoms with Gasteiger partial charge in [0.05, 0.1) is 13.2 Å². The molecule has 2 heterocycles. The monoisotopic (exact) mass is 301 g/mol.